The van der Waals surface area contributed by atoms with Crippen LogP contribution in [0.3, 0.4) is 0 Å². The lowest BCUT2D eigenvalue weighted by molar-refractivity contribution is 0.140. The van der Waals surface area contributed by atoms with Crippen LogP contribution in [-0.4, -0.2) is 16.4 Å². The highest BCUT2D eigenvalue weighted by Gasteiger charge is 2.25. The van der Waals surface area contributed by atoms with Crippen molar-refractivity contribution in [2.45, 2.75) is 19.2 Å². The van der Waals surface area contributed by atoms with E-state index in [4.69, 9.17) is 9.72 Å². The number of benzene rings is 3. The predicted octanol–water partition coefficient (Wildman–Crippen LogP) is 5.37. The Morgan fingerprint density at radius 3 is 2.39 bits per heavy atom. The van der Waals surface area contributed by atoms with Crippen molar-refractivity contribution < 1.29 is 4.74 Å². The first-order valence-corrected chi connectivity index (χ1v) is 9.72. The van der Waals surface area contributed by atoms with E-state index in [1.165, 1.54) is 11.1 Å². The molecule has 0 fully saturated rings. The molecule has 0 saturated heterocycles. The Morgan fingerprint density at radius 1 is 0.857 bits per heavy atom. The highest BCUT2D eigenvalue weighted by Crippen LogP contribution is 2.32. The molecule has 0 bridgehead atoms. The smallest absolute Gasteiger partial charge is 0.219 e. The maximum absolute atomic E-state index is 6.47. The fraction of sp³-hybridized carbons (Fsp3) is 0.160. The van der Waals surface area contributed by atoms with Crippen LogP contribution < -0.4 is 4.74 Å². The number of para-hydroxylation sites is 1. The van der Waals surface area contributed by atoms with Crippen molar-refractivity contribution >= 4 is 10.9 Å². The van der Waals surface area contributed by atoms with Crippen molar-refractivity contribution in [3.05, 3.63) is 108 Å². The van der Waals surface area contributed by atoms with Gasteiger partial charge in [-0.05, 0) is 23.3 Å². The number of hydrogen-bond acceptors (Lipinski definition) is 3. The van der Waals surface area contributed by atoms with Crippen molar-refractivity contribution in [3.8, 4) is 5.88 Å². The SMILES string of the molecule is c1ccc(CN2Cc3cc4ccccc4nc3OC(c3ccccc3)C2)cc1. The summed E-state index contributed by atoms with van der Waals surface area (Å²) in [6.07, 6.45) is -0.0418. The molecule has 1 aliphatic heterocycles. The molecular formula is C25H22N2O. The van der Waals surface area contributed by atoms with Crippen LogP contribution in [0.1, 0.15) is 22.8 Å². The van der Waals surface area contributed by atoms with E-state index in [0.717, 1.165) is 42.0 Å². The van der Waals surface area contributed by atoms with Gasteiger partial charge < -0.3 is 4.74 Å². The Bertz CT molecular complexity index is 1080. The zero-order chi connectivity index (χ0) is 18.8. The molecular weight excluding hydrogens is 344 g/mol. The summed E-state index contributed by atoms with van der Waals surface area (Å²) in [6, 6.07) is 31.5. The second kappa shape index (κ2) is 7.45. The Kier molecular flexibility index (Phi) is 4.51. The summed E-state index contributed by atoms with van der Waals surface area (Å²) < 4.78 is 6.47. The second-order valence-corrected chi connectivity index (χ2v) is 7.32. The van der Waals surface area contributed by atoms with Gasteiger partial charge in [0.05, 0.1) is 5.52 Å². The molecule has 3 heteroatoms. The van der Waals surface area contributed by atoms with E-state index in [0.29, 0.717) is 0 Å². The predicted molar refractivity (Wildman–Crippen MR) is 112 cm³/mol. The minimum Gasteiger partial charge on any atom is -0.468 e. The van der Waals surface area contributed by atoms with Crippen LogP contribution >= 0.6 is 0 Å². The van der Waals surface area contributed by atoms with Crippen molar-refractivity contribution in [1.82, 2.24) is 9.88 Å². The van der Waals surface area contributed by atoms with Gasteiger partial charge in [0.15, 0.2) is 0 Å². The summed E-state index contributed by atoms with van der Waals surface area (Å²) in [5.74, 6) is 0.753. The van der Waals surface area contributed by atoms with E-state index in [1.807, 2.05) is 18.2 Å². The minimum atomic E-state index is -0.0418. The van der Waals surface area contributed by atoms with Gasteiger partial charge in [0.25, 0.3) is 0 Å². The summed E-state index contributed by atoms with van der Waals surface area (Å²) >= 11 is 0. The fourth-order valence-corrected chi connectivity index (χ4v) is 3.87. The summed E-state index contributed by atoms with van der Waals surface area (Å²) in [5.41, 5.74) is 4.62. The zero-order valence-electron chi connectivity index (χ0n) is 15.7. The zero-order valence-corrected chi connectivity index (χ0v) is 15.7. The van der Waals surface area contributed by atoms with E-state index in [9.17, 15) is 0 Å². The van der Waals surface area contributed by atoms with Gasteiger partial charge >= 0.3 is 0 Å². The van der Waals surface area contributed by atoms with Crippen LogP contribution in [-0.2, 0) is 13.1 Å². The third-order valence-electron chi connectivity index (χ3n) is 5.26. The van der Waals surface area contributed by atoms with Crippen LogP contribution in [0.4, 0.5) is 0 Å². The molecule has 0 spiro atoms. The Morgan fingerprint density at radius 2 is 1.57 bits per heavy atom. The fourth-order valence-electron chi connectivity index (χ4n) is 3.87. The monoisotopic (exact) mass is 366 g/mol. The average Bonchev–Trinajstić information content (AvgIpc) is 2.92. The number of aromatic nitrogens is 1. The van der Waals surface area contributed by atoms with Gasteiger partial charge in [-0.3, -0.25) is 4.90 Å². The number of pyridine rings is 1. The molecule has 0 saturated carbocycles. The molecule has 4 aromatic rings. The van der Waals surface area contributed by atoms with E-state index in [1.54, 1.807) is 0 Å². The van der Waals surface area contributed by atoms with E-state index in [2.05, 4.69) is 77.7 Å². The van der Waals surface area contributed by atoms with Gasteiger partial charge in [0.2, 0.25) is 5.88 Å². The highest BCUT2D eigenvalue weighted by atomic mass is 16.5. The number of fused-ring (bicyclic) bond motifs is 2. The number of rotatable bonds is 3. The molecule has 28 heavy (non-hydrogen) atoms. The van der Waals surface area contributed by atoms with Crippen molar-refractivity contribution in [3.63, 3.8) is 0 Å². The highest BCUT2D eigenvalue weighted by molar-refractivity contribution is 5.80. The molecule has 0 amide bonds. The molecule has 1 unspecified atom stereocenters. The Hall–Kier alpha value is -3.17. The van der Waals surface area contributed by atoms with Crippen LogP contribution in [0.25, 0.3) is 10.9 Å². The molecule has 2 heterocycles. The lowest BCUT2D eigenvalue weighted by Crippen LogP contribution is -2.27. The largest absolute Gasteiger partial charge is 0.468 e. The van der Waals surface area contributed by atoms with Gasteiger partial charge in [-0.1, -0.05) is 78.9 Å². The van der Waals surface area contributed by atoms with Gasteiger partial charge in [-0.25, -0.2) is 4.98 Å². The molecule has 1 aliphatic rings. The van der Waals surface area contributed by atoms with Crippen LogP contribution in [0.2, 0.25) is 0 Å². The van der Waals surface area contributed by atoms with E-state index < -0.39 is 0 Å². The van der Waals surface area contributed by atoms with Gasteiger partial charge in [-0.15, -0.1) is 0 Å². The van der Waals surface area contributed by atoms with E-state index in [-0.39, 0.29) is 6.10 Å². The molecule has 138 valence electrons. The standard InChI is InChI=1S/C25H22N2O/c1-3-9-19(10-4-1)16-27-17-22-15-21-13-7-8-14-23(21)26-25(22)28-24(18-27)20-11-5-2-6-12-20/h1-15,24H,16-18H2. The van der Waals surface area contributed by atoms with Gasteiger partial charge in [0, 0.05) is 30.6 Å². The normalized spacial score (nSPS) is 16.9. The van der Waals surface area contributed by atoms with Crippen LogP contribution in [0, 0.1) is 0 Å². The average molecular weight is 366 g/mol. The van der Waals surface area contributed by atoms with Crippen molar-refractivity contribution in [1.29, 1.82) is 0 Å². The molecule has 0 N–H and O–H groups in total. The molecule has 1 aromatic heterocycles. The second-order valence-electron chi connectivity index (χ2n) is 7.32. The first kappa shape index (κ1) is 17.0. The molecule has 0 radical (unpaired) electrons. The summed E-state index contributed by atoms with van der Waals surface area (Å²) in [7, 11) is 0. The molecule has 3 nitrogen and oxygen atoms in total. The minimum absolute atomic E-state index is 0.0418. The topological polar surface area (TPSA) is 25.4 Å². The summed E-state index contributed by atoms with van der Waals surface area (Å²) in [4.78, 5) is 7.30. The van der Waals surface area contributed by atoms with Crippen molar-refractivity contribution in [2.24, 2.45) is 0 Å². The van der Waals surface area contributed by atoms with Gasteiger partial charge in [0.1, 0.15) is 6.10 Å². The Labute approximate surface area is 165 Å². The third kappa shape index (κ3) is 3.49. The summed E-state index contributed by atoms with van der Waals surface area (Å²) in [6.45, 7) is 2.54. The molecule has 1 atom stereocenters. The van der Waals surface area contributed by atoms with Crippen molar-refractivity contribution in [2.75, 3.05) is 6.54 Å². The van der Waals surface area contributed by atoms with Gasteiger partial charge in [-0.2, -0.15) is 0 Å². The maximum atomic E-state index is 6.47. The quantitative estimate of drug-likeness (QED) is 0.487. The number of ether oxygens (including phenoxy) is 1. The first-order chi connectivity index (χ1) is 13.8. The lowest BCUT2D eigenvalue weighted by Gasteiger charge is -2.24. The summed E-state index contributed by atoms with van der Waals surface area (Å²) in [5, 5.41) is 1.16. The molecule has 5 rings (SSSR count). The van der Waals surface area contributed by atoms with E-state index >= 15 is 0 Å². The van der Waals surface area contributed by atoms with Crippen LogP contribution in [0.5, 0.6) is 5.88 Å². The Balaban J connectivity index is 1.55. The maximum Gasteiger partial charge on any atom is 0.219 e. The number of nitrogens with zero attached hydrogens (tertiary/aromatic N) is 2. The first-order valence-electron chi connectivity index (χ1n) is 9.72. The molecule has 3 aromatic carbocycles. The lowest BCUT2D eigenvalue weighted by atomic mass is 10.1. The third-order valence-corrected chi connectivity index (χ3v) is 5.26. The van der Waals surface area contributed by atoms with Crippen LogP contribution in [0.15, 0.2) is 91.0 Å². The number of hydrogen-bond donors (Lipinski definition) is 0. The molecule has 0 aliphatic carbocycles.